The quantitative estimate of drug-likeness (QED) is 0.354. The van der Waals surface area contributed by atoms with E-state index in [4.69, 9.17) is 9.47 Å². The average molecular weight is 156 g/mol. The van der Waals surface area contributed by atoms with E-state index in [0.29, 0.717) is 5.57 Å². The Kier molecular flexibility index (Phi) is 4.03. The van der Waals surface area contributed by atoms with Gasteiger partial charge in [0.05, 0.1) is 7.11 Å². The van der Waals surface area contributed by atoms with Gasteiger partial charge in [0.1, 0.15) is 0 Å². The minimum absolute atomic E-state index is 0.193. The molecule has 0 aromatic heterocycles. The van der Waals surface area contributed by atoms with Crippen LogP contribution in [0.25, 0.3) is 0 Å². The molecule has 0 saturated heterocycles. The van der Waals surface area contributed by atoms with E-state index in [9.17, 15) is 4.79 Å². The highest BCUT2D eigenvalue weighted by Gasteiger charge is 2.05. The van der Waals surface area contributed by atoms with Crippen molar-refractivity contribution in [1.82, 2.24) is 0 Å². The predicted molar refractivity (Wildman–Crippen MR) is 41.7 cm³/mol. The second kappa shape index (κ2) is 4.55. The fraction of sp³-hybridized carbons (Fsp3) is 0.375. The molecule has 0 heterocycles. The van der Waals surface area contributed by atoms with Gasteiger partial charge in [-0.05, 0) is 19.9 Å². The first kappa shape index (κ1) is 9.75. The second-order valence-electron chi connectivity index (χ2n) is 1.98. The van der Waals surface area contributed by atoms with Gasteiger partial charge in [0.2, 0.25) is 0 Å². The molecule has 0 aliphatic rings. The molecule has 0 spiro atoms. The van der Waals surface area contributed by atoms with Crippen LogP contribution in [0.15, 0.2) is 24.2 Å². The normalized spacial score (nSPS) is 10.6. The number of methoxy groups -OCH3 is 1. The van der Waals surface area contributed by atoms with Crippen molar-refractivity contribution in [2.45, 2.75) is 13.8 Å². The van der Waals surface area contributed by atoms with E-state index in [1.54, 1.807) is 19.9 Å². The van der Waals surface area contributed by atoms with Crippen LogP contribution in [-0.2, 0) is 14.3 Å². The number of rotatable bonds is 3. The van der Waals surface area contributed by atoms with Crippen molar-refractivity contribution in [3.63, 3.8) is 0 Å². The van der Waals surface area contributed by atoms with Gasteiger partial charge in [-0.2, -0.15) is 0 Å². The molecule has 0 aliphatic heterocycles. The van der Waals surface area contributed by atoms with Crippen molar-refractivity contribution >= 4 is 5.97 Å². The monoisotopic (exact) mass is 156 g/mol. The zero-order chi connectivity index (χ0) is 8.85. The van der Waals surface area contributed by atoms with Crippen molar-refractivity contribution in [3.8, 4) is 0 Å². The Morgan fingerprint density at radius 1 is 1.55 bits per heavy atom. The van der Waals surface area contributed by atoms with Crippen LogP contribution < -0.4 is 0 Å². The summed E-state index contributed by atoms with van der Waals surface area (Å²) >= 11 is 0. The fourth-order valence-electron chi connectivity index (χ4n) is 0.397. The van der Waals surface area contributed by atoms with Crippen LogP contribution in [0.3, 0.4) is 0 Å². The zero-order valence-corrected chi connectivity index (χ0v) is 7.01. The highest BCUT2D eigenvalue weighted by molar-refractivity contribution is 5.87. The Morgan fingerprint density at radius 2 is 2.09 bits per heavy atom. The van der Waals surface area contributed by atoms with E-state index in [-0.39, 0.29) is 5.95 Å². The van der Waals surface area contributed by atoms with Crippen LogP contribution in [0.5, 0.6) is 0 Å². The highest BCUT2D eigenvalue weighted by atomic mass is 16.7. The van der Waals surface area contributed by atoms with Gasteiger partial charge in [-0.1, -0.05) is 6.58 Å². The molecule has 0 saturated carbocycles. The number of carbonyl (C=O) groups excluding carboxylic acids is 1. The summed E-state index contributed by atoms with van der Waals surface area (Å²) in [5, 5.41) is 0. The molecule has 0 aromatic rings. The molecule has 0 amide bonds. The van der Waals surface area contributed by atoms with Crippen molar-refractivity contribution < 1.29 is 14.3 Å². The van der Waals surface area contributed by atoms with Crippen molar-refractivity contribution in [2.75, 3.05) is 7.11 Å². The molecular weight excluding hydrogens is 144 g/mol. The van der Waals surface area contributed by atoms with Gasteiger partial charge in [0.25, 0.3) is 5.95 Å². The molecule has 0 atom stereocenters. The van der Waals surface area contributed by atoms with Crippen molar-refractivity contribution in [1.29, 1.82) is 0 Å². The lowest BCUT2D eigenvalue weighted by Crippen LogP contribution is -2.05. The Morgan fingerprint density at radius 3 is 2.36 bits per heavy atom. The van der Waals surface area contributed by atoms with Crippen LogP contribution in [0, 0.1) is 0 Å². The molecule has 0 aliphatic carbocycles. The molecule has 0 aromatic carbocycles. The molecule has 0 bridgehead atoms. The van der Waals surface area contributed by atoms with E-state index in [0.717, 1.165) is 0 Å². The molecule has 0 unspecified atom stereocenters. The first-order valence-corrected chi connectivity index (χ1v) is 3.19. The number of ether oxygens (including phenoxy) is 2. The summed E-state index contributed by atoms with van der Waals surface area (Å²) < 4.78 is 9.41. The average Bonchev–Trinajstić information content (AvgIpc) is 1.99. The molecule has 0 rings (SSSR count). The summed E-state index contributed by atoms with van der Waals surface area (Å²) in [5.74, 6) is -0.280. The Balaban J connectivity index is 4.04. The third kappa shape index (κ3) is 3.45. The summed E-state index contributed by atoms with van der Waals surface area (Å²) in [5.41, 5.74) is 0.349. The lowest BCUT2D eigenvalue weighted by atomic mass is 10.4. The van der Waals surface area contributed by atoms with Gasteiger partial charge in [0, 0.05) is 5.57 Å². The van der Waals surface area contributed by atoms with Crippen molar-refractivity contribution in [2.24, 2.45) is 0 Å². The molecular formula is C8H12O3. The van der Waals surface area contributed by atoms with Gasteiger partial charge in [-0.15, -0.1) is 0 Å². The maximum Gasteiger partial charge on any atom is 0.340 e. The third-order valence-electron chi connectivity index (χ3n) is 0.979. The van der Waals surface area contributed by atoms with Gasteiger partial charge < -0.3 is 9.47 Å². The lowest BCUT2D eigenvalue weighted by Gasteiger charge is -2.04. The van der Waals surface area contributed by atoms with Gasteiger partial charge in [0.15, 0.2) is 0 Å². The summed E-state index contributed by atoms with van der Waals surface area (Å²) in [4.78, 5) is 10.8. The Labute approximate surface area is 66.3 Å². The van der Waals surface area contributed by atoms with E-state index < -0.39 is 5.97 Å². The Bertz CT molecular complexity index is 192. The number of carbonyl (C=O) groups is 1. The number of hydrogen-bond acceptors (Lipinski definition) is 3. The summed E-state index contributed by atoms with van der Waals surface area (Å²) in [7, 11) is 1.43. The number of hydrogen-bond donors (Lipinski definition) is 0. The number of esters is 1. The largest absolute Gasteiger partial charge is 0.469 e. The fourth-order valence-corrected chi connectivity index (χ4v) is 0.397. The molecule has 0 N–H and O–H groups in total. The first-order valence-electron chi connectivity index (χ1n) is 3.19. The van der Waals surface area contributed by atoms with Crippen LogP contribution in [0.2, 0.25) is 0 Å². The predicted octanol–water partition coefficient (Wildman–Crippen LogP) is 1.61. The second-order valence-corrected chi connectivity index (χ2v) is 1.98. The summed E-state index contributed by atoms with van der Waals surface area (Å²) in [6.45, 7) is 6.71. The standard InChI is InChI=1S/C8H12O3/c1-5-7(10-4)11-8(9)6(2)3/h5H,2H2,1,3-4H3/b7-5-. The summed E-state index contributed by atoms with van der Waals surface area (Å²) in [6.07, 6.45) is 1.56. The zero-order valence-electron chi connectivity index (χ0n) is 7.01. The van der Waals surface area contributed by atoms with Crippen LogP contribution in [0.1, 0.15) is 13.8 Å². The van der Waals surface area contributed by atoms with E-state index in [1.165, 1.54) is 7.11 Å². The van der Waals surface area contributed by atoms with E-state index >= 15 is 0 Å². The SMILES string of the molecule is C=C(C)C(=O)O/C(=C\C)OC. The Hall–Kier alpha value is -1.25. The van der Waals surface area contributed by atoms with E-state index in [2.05, 4.69) is 6.58 Å². The van der Waals surface area contributed by atoms with Crippen LogP contribution in [-0.4, -0.2) is 13.1 Å². The minimum Gasteiger partial charge on any atom is -0.469 e. The van der Waals surface area contributed by atoms with E-state index in [1.807, 2.05) is 0 Å². The third-order valence-corrected chi connectivity index (χ3v) is 0.979. The maximum absolute atomic E-state index is 10.8. The molecule has 11 heavy (non-hydrogen) atoms. The van der Waals surface area contributed by atoms with Gasteiger partial charge in [-0.25, -0.2) is 4.79 Å². The first-order chi connectivity index (χ1) is 5.11. The highest BCUT2D eigenvalue weighted by Crippen LogP contribution is 2.01. The van der Waals surface area contributed by atoms with Crippen LogP contribution in [0.4, 0.5) is 0 Å². The van der Waals surface area contributed by atoms with Crippen molar-refractivity contribution in [3.05, 3.63) is 24.2 Å². The minimum atomic E-state index is -0.472. The number of allylic oxidation sites excluding steroid dienone is 1. The molecule has 0 radical (unpaired) electrons. The van der Waals surface area contributed by atoms with Gasteiger partial charge in [-0.3, -0.25) is 0 Å². The van der Waals surface area contributed by atoms with Gasteiger partial charge >= 0.3 is 5.97 Å². The van der Waals surface area contributed by atoms with Crippen LogP contribution >= 0.6 is 0 Å². The summed E-state index contributed by atoms with van der Waals surface area (Å²) in [6, 6.07) is 0. The lowest BCUT2D eigenvalue weighted by molar-refractivity contribution is -0.139. The molecule has 0 fully saturated rings. The maximum atomic E-state index is 10.8. The smallest absolute Gasteiger partial charge is 0.340 e. The molecule has 3 nitrogen and oxygen atoms in total. The topological polar surface area (TPSA) is 35.5 Å². The molecule has 3 heteroatoms. The molecule has 62 valence electrons.